The lowest BCUT2D eigenvalue weighted by molar-refractivity contribution is 0.445. The summed E-state index contributed by atoms with van der Waals surface area (Å²) in [6.45, 7) is 1.83. The van der Waals surface area contributed by atoms with Crippen molar-refractivity contribution >= 4 is 40.6 Å². The first-order valence-corrected chi connectivity index (χ1v) is 6.68. The molecule has 2 heterocycles. The van der Waals surface area contributed by atoms with Gasteiger partial charge in [-0.15, -0.1) is 0 Å². The number of benzene rings is 1. The van der Waals surface area contributed by atoms with Crippen LogP contribution in [-0.4, -0.2) is 19.6 Å². The largest absolute Gasteiger partial charge is 0.437 e. The molecule has 102 valence electrons. The minimum absolute atomic E-state index is 0.349. The fourth-order valence-corrected chi connectivity index (χ4v) is 2.24. The fourth-order valence-electron chi connectivity index (χ4n) is 1.66. The van der Waals surface area contributed by atoms with E-state index in [-0.39, 0.29) is 0 Å². The molecule has 3 aromatic rings. The van der Waals surface area contributed by atoms with E-state index in [9.17, 15) is 0 Å². The van der Waals surface area contributed by atoms with E-state index < -0.39 is 0 Å². The van der Waals surface area contributed by atoms with E-state index in [1.807, 2.05) is 6.92 Å². The van der Waals surface area contributed by atoms with Crippen LogP contribution < -0.4 is 4.74 Å². The Labute approximate surface area is 129 Å². The van der Waals surface area contributed by atoms with Crippen LogP contribution in [0.25, 0.3) is 5.78 Å². The van der Waals surface area contributed by atoms with Crippen LogP contribution in [0.2, 0.25) is 15.1 Å². The van der Waals surface area contributed by atoms with Gasteiger partial charge in [0.15, 0.2) is 0 Å². The summed E-state index contributed by atoms with van der Waals surface area (Å²) in [6, 6.07) is 4.79. The second kappa shape index (κ2) is 5.09. The van der Waals surface area contributed by atoms with Gasteiger partial charge in [-0.2, -0.15) is 14.6 Å². The lowest BCUT2D eigenvalue weighted by Crippen LogP contribution is -1.99. The molecule has 2 aromatic heterocycles. The number of rotatable bonds is 2. The Morgan fingerprint density at radius 1 is 1.05 bits per heavy atom. The quantitative estimate of drug-likeness (QED) is 0.662. The van der Waals surface area contributed by atoms with Gasteiger partial charge in [0.05, 0.1) is 15.1 Å². The van der Waals surface area contributed by atoms with Gasteiger partial charge in [0.25, 0.3) is 5.78 Å². The molecule has 0 saturated heterocycles. The van der Waals surface area contributed by atoms with Crippen molar-refractivity contribution in [3.05, 3.63) is 45.3 Å². The van der Waals surface area contributed by atoms with E-state index in [0.717, 1.165) is 5.69 Å². The molecule has 0 aliphatic carbocycles. The molecule has 0 atom stereocenters. The number of fused-ring (bicyclic) bond motifs is 1. The van der Waals surface area contributed by atoms with Crippen LogP contribution in [0.1, 0.15) is 5.69 Å². The van der Waals surface area contributed by atoms with E-state index in [4.69, 9.17) is 39.5 Å². The van der Waals surface area contributed by atoms with E-state index in [0.29, 0.717) is 32.5 Å². The van der Waals surface area contributed by atoms with Gasteiger partial charge < -0.3 is 4.74 Å². The first kappa shape index (κ1) is 13.4. The van der Waals surface area contributed by atoms with Crippen LogP contribution in [0.15, 0.2) is 24.5 Å². The SMILES string of the molecule is Cc1cc(Oc2cc(Cl)c(Cl)cc2Cl)n2ncnc2n1. The van der Waals surface area contributed by atoms with E-state index in [1.54, 1.807) is 12.1 Å². The van der Waals surface area contributed by atoms with Crippen LogP contribution in [-0.2, 0) is 0 Å². The van der Waals surface area contributed by atoms with Crippen molar-refractivity contribution in [2.45, 2.75) is 6.92 Å². The summed E-state index contributed by atoms with van der Waals surface area (Å²) in [5.41, 5.74) is 0.747. The normalized spacial score (nSPS) is 11.0. The lowest BCUT2D eigenvalue weighted by Gasteiger charge is -2.10. The third-order valence-corrected chi connectivity index (χ3v) is 3.55. The van der Waals surface area contributed by atoms with Crippen LogP contribution in [0, 0.1) is 6.92 Å². The Bertz CT molecular complexity index is 803. The predicted octanol–water partition coefficient (Wildman–Crippen LogP) is 4.19. The highest BCUT2D eigenvalue weighted by Gasteiger charge is 2.12. The molecule has 0 bridgehead atoms. The topological polar surface area (TPSA) is 52.3 Å². The number of nitrogens with zero attached hydrogens (tertiary/aromatic N) is 4. The molecule has 1 aromatic carbocycles. The Hall–Kier alpha value is -1.56. The molecule has 0 spiro atoms. The van der Waals surface area contributed by atoms with Crippen molar-refractivity contribution in [1.29, 1.82) is 0 Å². The van der Waals surface area contributed by atoms with Gasteiger partial charge in [-0.3, -0.25) is 0 Å². The molecule has 20 heavy (non-hydrogen) atoms. The Balaban J connectivity index is 2.09. The van der Waals surface area contributed by atoms with Crippen molar-refractivity contribution in [2.24, 2.45) is 0 Å². The highest BCUT2D eigenvalue weighted by atomic mass is 35.5. The number of ether oxygens (including phenoxy) is 1. The van der Waals surface area contributed by atoms with Crippen molar-refractivity contribution in [3.63, 3.8) is 0 Å². The molecule has 0 radical (unpaired) electrons. The second-order valence-electron chi connectivity index (χ2n) is 4.01. The van der Waals surface area contributed by atoms with Gasteiger partial charge in [0.2, 0.25) is 5.88 Å². The molecule has 0 saturated carbocycles. The zero-order valence-electron chi connectivity index (χ0n) is 10.1. The van der Waals surface area contributed by atoms with E-state index in [2.05, 4.69) is 15.1 Å². The van der Waals surface area contributed by atoms with Crippen molar-refractivity contribution in [1.82, 2.24) is 19.6 Å². The smallest absolute Gasteiger partial charge is 0.255 e. The van der Waals surface area contributed by atoms with Crippen molar-refractivity contribution in [3.8, 4) is 11.6 Å². The minimum Gasteiger partial charge on any atom is -0.437 e. The maximum atomic E-state index is 6.09. The van der Waals surface area contributed by atoms with E-state index >= 15 is 0 Å². The molecule has 0 aliphatic heterocycles. The summed E-state index contributed by atoms with van der Waals surface area (Å²) in [5, 5.41) is 5.11. The number of hydrogen-bond donors (Lipinski definition) is 0. The summed E-state index contributed by atoms with van der Waals surface area (Å²) >= 11 is 17.9. The summed E-state index contributed by atoms with van der Waals surface area (Å²) in [7, 11) is 0. The van der Waals surface area contributed by atoms with Crippen molar-refractivity contribution in [2.75, 3.05) is 0 Å². The fraction of sp³-hybridized carbons (Fsp3) is 0.0833. The molecule has 0 N–H and O–H groups in total. The molecular formula is C12H7Cl3N4O. The number of hydrogen-bond acceptors (Lipinski definition) is 4. The number of aromatic nitrogens is 4. The van der Waals surface area contributed by atoms with Crippen LogP contribution in [0.3, 0.4) is 0 Å². The average Bonchev–Trinajstić information content (AvgIpc) is 2.84. The summed E-state index contributed by atoms with van der Waals surface area (Å²) in [4.78, 5) is 8.24. The zero-order chi connectivity index (χ0) is 14.3. The average molecular weight is 330 g/mol. The van der Waals surface area contributed by atoms with Gasteiger partial charge in [-0.25, -0.2) is 4.98 Å². The summed E-state index contributed by atoms with van der Waals surface area (Å²) < 4.78 is 7.21. The zero-order valence-corrected chi connectivity index (χ0v) is 12.4. The Kier molecular flexibility index (Phi) is 3.41. The first-order valence-electron chi connectivity index (χ1n) is 5.54. The molecule has 0 fully saturated rings. The van der Waals surface area contributed by atoms with Gasteiger partial charge in [0.1, 0.15) is 12.1 Å². The highest BCUT2D eigenvalue weighted by molar-refractivity contribution is 6.43. The third kappa shape index (κ3) is 2.40. The standard InChI is InChI=1S/C12H7Cl3N4O/c1-6-2-11(19-12(18-6)16-5-17-19)20-10-4-8(14)7(13)3-9(10)15/h2-5H,1H3. The molecule has 0 amide bonds. The van der Waals surface area contributed by atoms with Gasteiger partial charge in [-0.1, -0.05) is 34.8 Å². The van der Waals surface area contributed by atoms with Gasteiger partial charge in [0, 0.05) is 17.8 Å². The molecule has 3 rings (SSSR count). The van der Waals surface area contributed by atoms with Crippen LogP contribution in [0.5, 0.6) is 11.6 Å². The van der Waals surface area contributed by atoms with Crippen LogP contribution in [0.4, 0.5) is 0 Å². The monoisotopic (exact) mass is 328 g/mol. The number of aryl methyl sites for hydroxylation is 1. The lowest BCUT2D eigenvalue weighted by atomic mass is 10.3. The maximum Gasteiger partial charge on any atom is 0.255 e. The second-order valence-corrected chi connectivity index (χ2v) is 5.23. The Morgan fingerprint density at radius 2 is 1.80 bits per heavy atom. The summed E-state index contributed by atoms with van der Waals surface area (Å²) in [5.74, 6) is 1.25. The first-order chi connectivity index (χ1) is 9.54. The molecule has 8 heteroatoms. The number of halogens is 3. The predicted molar refractivity (Wildman–Crippen MR) is 77.1 cm³/mol. The van der Waals surface area contributed by atoms with Crippen molar-refractivity contribution < 1.29 is 4.74 Å². The molecular weight excluding hydrogens is 323 g/mol. The van der Waals surface area contributed by atoms with Gasteiger partial charge >= 0.3 is 0 Å². The molecule has 0 unspecified atom stereocenters. The Morgan fingerprint density at radius 3 is 2.60 bits per heavy atom. The third-order valence-electron chi connectivity index (χ3n) is 2.54. The highest BCUT2D eigenvalue weighted by Crippen LogP contribution is 2.36. The van der Waals surface area contributed by atoms with Crippen LogP contribution >= 0.6 is 34.8 Å². The van der Waals surface area contributed by atoms with Gasteiger partial charge in [-0.05, 0) is 13.0 Å². The molecule has 0 aliphatic rings. The molecule has 5 nitrogen and oxygen atoms in total. The maximum absolute atomic E-state index is 6.09. The minimum atomic E-state index is 0.349. The van der Waals surface area contributed by atoms with E-state index in [1.165, 1.54) is 16.9 Å². The summed E-state index contributed by atoms with van der Waals surface area (Å²) in [6.07, 6.45) is 1.39.